The van der Waals surface area contributed by atoms with Crippen molar-refractivity contribution in [2.45, 2.75) is 31.6 Å². The van der Waals surface area contributed by atoms with Gasteiger partial charge in [0.2, 0.25) is 0 Å². The Morgan fingerprint density at radius 3 is 2.11 bits per heavy atom. The summed E-state index contributed by atoms with van der Waals surface area (Å²) in [5.74, 6) is 0. The molecule has 4 heteroatoms. The second kappa shape index (κ2) is 5.88. The van der Waals surface area contributed by atoms with E-state index in [-0.39, 0.29) is 10.8 Å². The third-order valence-corrected chi connectivity index (χ3v) is 5.90. The van der Waals surface area contributed by atoms with Crippen molar-refractivity contribution in [2.75, 3.05) is 0 Å². The Bertz CT molecular complexity index is 567. The zero-order valence-corrected chi connectivity index (χ0v) is 15.8. The number of rotatable bonds is 2. The first kappa shape index (κ1) is 15.6. The summed E-state index contributed by atoms with van der Waals surface area (Å²) in [5, 5.41) is -0.119. The number of benzene rings is 1. The fourth-order valence-electron chi connectivity index (χ4n) is 1.86. The molecule has 0 radical (unpaired) electrons. The molecule has 0 bridgehead atoms. The number of thiophene rings is 1. The highest BCUT2D eigenvalue weighted by Crippen LogP contribution is 2.41. The number of alkyl halides is 1. The van der Waals surface area contributed by atoms with E-state index in [0.717, 1.165) is 18.7 Å². The lowest BCUT2D eigenvalue weighted by molar-refractivity contribution is 0.590. The highest BCUT2D eigenvalue weighted by Gasteiger charge is 2.18. The first-order chi connectivity index (χ1) is 8.79. The second-order valence-corrected chi connectivity index (χ2v) is 9.70. The van der Waals surface area contributed by atoms with Crippen LogP contribution < -0.4 is 0 Å². The van der Waals surface area contributed by atoms with Gasteiger partial charge in [-0.3, -0.25) is 0 Å². The van der Waals surface area contributed by atoms with E-state index in [1.807, 2.05) is 0 Å². The van der Waals surface area contributed by atoms with Crippen molar-refractivity contribution in [3.8, 4) is 0 Å². The zero-order chi connectivity index (χ0) is 14.2. The van der Waals surface area contributed by atoms with Gasteiger partial charge in [0.25, 0.3) is 0 Å². The van der Waals surface area contributed by atoms with Crippen LogP contribution in [0.15, 0.2) is 37.9 Å². The van der Waals surface area contributed by atoms with Crippen LogP contribution in [0.1, 0.15) is 42.8 Å². The molecule has 0 nitrogen and oxygen atoms in total. The van der Waals surface area contributed by atoms with E-state index in [1.54, 1.807) is 11.3 Å². The molecule has 102 valence electrons. The van der Waals surface area contributed by atoms with Crippen molar-refractivity contribution in [3.63, 3.8) is 0 Å². The molecular formula is C15H15Br2ClS. The highest BCUT2D eigenvalue weighted by atomic mass is 79.9. The summed E-state index contributed by atoms with van der Waals surface area (Å²) in [6, 6.07) is 10.6. The molecule has 0 saturated carbocycles. The van der Waals surface area contributed by atoms with Gasteiger partial charge in [0, 0.05) is 5.56 Å². The Morgan fingerprint density at radius 2 is 1.68 bits per heavy atom. The highest BCUT2D eigenvalue weighted by molar-refractivity contribution is 9.12. The SMILES string of the molecule is CC(C)(C)c1ccc(C(Cl)c2cc(Br)sc2Br)cc1. The van der Waals surface area contributed by atoms with Gasteiger partial charge in [-0.1, -0.05) is 45.0 Å². The Morgan fingerprint density at radius 1 is 1.11 bits per heavy atom. The van der Waals surface area contributed by atoms with E-state index < -0.39 is 0 Å². The summed E-state index contributed by atoms with van der Waals surface area (Å²) < 4.78 is 2.17. The van der Waals surface area contributed by atoms with Crippen molar-refractivity contribution >= 4 is 54.8 Å². The first-order valence-electron chi connectivity index (χ1n) is 5.98. The lowest BCUT2D eigenvalue weighted by Crippen LogP contribution is -2.10. The minimum absolute atomic E-state index is 0.119. The van der Waals surface area contributed by atoms with Crippen molar-refractivity contribution in [3.05, 3.63) is 54.6 Å². The van der Waals surface area contributed by atoms with E-state index in [1.165, 1.54) is 5.56 Å². The van der Waals surface area contributed by atoms with Crippen molar-refractivity contribution in [1.29, 1.82) is 0 Å². The smallest absolute Gasteiger partial charge is 0.0854 e. The van der Waals surface area contributed by atoms with E-state index in [2.05, 4.69) is 83.0 Å². The summed E-state index contributed by atoms with van der Waals surface area (Å²) >= 11 is 15.3. The molecule has 0 aliphatic rings. The lowest BCUT2D eigenvalue weighted by atomic mass is 9.86. The molecule has 1 atom stereocenters. The van der Waals surface area contributed by atoms with Gasteiger partial charge in [0.15, 0.2) is 0 Å². The molecule has 0 spiro atoms. The maximum absolute atomic E-state index is 6.57. The van der Waals surface area contributed by atoms with Crippen molar-refractivity contribution in [1.82, 2.24) is 0 Å². The van der Waals surface area contributed by atoms with Gasteiger partial charge in [0.1, 0.15) is 0 Å². The van der Waals surface area contributed by atoms with Gasteiger partial charge < -0.3 is 0 Å². The van der Waals surface area contributed by atoms with Crippen LogP contribution in [-0.2, 0) is 5.41 Å². The molecule has 1 aromatic carbocycles. The largest absolute Gasteiger partial charge is 0.121 e. The van der Waals surface area contributed by atoms with Gasteiger partial charge in [-0.05, 0) is 54.5 Å². The Balaban J connectivity index is 2.30. The summed E-state index contributed by atoms with van der Waals surface area (Å²) in [6.45, 7) is 6.65. The molecule has 0 aliphatic carbocycles. The van der Waals surface area contributed by atoms with Crippen LogP contribution in [0.5, 0.6) is 0 Å². The predicted octanol–water partition coefficient (Wildman–Crippen LogP) is 6.90. The van der Waals surface area contributed by atoms with E-state index in [4.69, 9.17) is 11.6 Å². The normalized spacial score (nSPS) is 13.6. The number of hydrogen-bond acceptors (Lipinski definition) is 1. The minimum atomic E-state index is -0.119. The molecule has 0 N–H and O–H groups in total. The molecule has 0 saturated heterocycles. The molecule has 1 aromatic heterocycles. The zero-order valence-electron chi connectivity index (χ0n) is 11.0. The van der Waals surface area contributed by atoms with Crippen LogP contribution in [0, 0.1) is 0 Å². The molecule has 2 rings (SSSR count). The Labute approximate surface area is 140 Å². The molecule has 1 unspecified atom stereocenters. The monoisotopic (exact) mass is 420 g/mol. The molecule has 0 amide bonds. The molecule has 2 aromatic rings. The quantitative estimate of drug-likeness (QED) is 0.462. The van der Waals surface area contributed by atoms with Gasteiger partial charge in [-0.15, -0.1) is 22.9 Å². The Hall–Kier alpha value is 0.170. The maximum Gasteiger partial charge on any atom is 0.0854 e. The van der Waals surface area contributed by atoms with Crippen LogP contribution in [0.4, 0.5) is 0 Å². The number of halogens is 3. The molecule has 0 aliphatic heterocycles. The molecular weight excluding hydrogens is 407 g/mol. The third kappa shape index (κ3) is 3.63. The van der Waals surface area contributed by atoms with Crippen LogP contribution in [0.2, 0.25) is 0 Å². The van der Waals surface area contributed by atoms with Gasteiger partial charge in [-0.2, -0.15) is 0 Å². The third-order valence-electron chi connectivity index (χ3n) is 3.03. The fourth-order valence-corrected chi connectivity index (χ4v) is 5.27. The van der Waals surface area contributed by atoms with Crippen LogP contribution >= 0.6 is 54.8 Å². The van der Waals surface area contributed by atoms with E-state index in [0.29, 0.717) is 0 Å². The lowest BCUT2D eigenvalue weighted by Gasteiger charge is -2.20. The Kier molecular flexibility index (Phi) is 4.82. The van der Waals surface area contributed by atoms with Gasteiger partial charge >= 0.3 is 0 Å². The van der Waals surface area contributed by atoms with E-state index >= 15 is 0 Å². The predicted molar refractivity (Wildman–Crippen MR) is 92.6 cm³/mol. The summed E-state index contributed by atoms with van der Waals surface area (Å²) in [5.41, 5.74) is 3.74. The average molecular weight is 423 g/mol. The maximum atomic E-state index is 6.57. The fraction of sp³-hybridized carbons (Fsp3) is 0.333. The van der Waals surface area contributed by atoms with Crippen molar-refractivity contribution in [2.24, 2.45) is 0 Å². The van der Waals surface area contributed by atoms with Crippen LogP contribution in [0.3, 0.4) is 0 Å². The second-order valence-electron chi connectivity index (χ2n) is 5.51. The topological polar surface area (TPSA) is 0 Å². The van der Waals surface area contributed by atoms with E-state index in [9.17, 15) is 0 Å². The van der Waals surface area contributed by atoms with Gasteiger partial charge in [-0.25, -0.2) is 0 Å². The first-order valence-corrected chi connectivity index (χ1v) is 8.82. The average Bonchev–Trinajstić information content (AvgIpc) is 2.66. The van der Waals surface area contributed by atoms with Crippen LogP contribution in [-0.4, -0.2) is 0 Å². The molecule has 0 fully saturated rings. The summed E-state index contributed by atoms with van der Waals surface area (Å²) in [6.07, 6.45) is 0. The molecule has 1 heterocycles. The van der Waals surface area contributed by atoms with Crippen LogP contribution in [0.25, 0.3) is 0 Å². The molecule has 19 heavy (non-hydrogen) atoms. The van der Waals surface area contributed by atoms with Gasteiger partial charge in [0.05, 0.1) is 12.9 Å². The summed E-state index contributed by atoms with van der Waals surface area (Å²) in [7, 11) is 0. The standard InChI is InChI=1S/C15H15Br2ClS/c1-15(2,3)10-6-4-9(5-7-10)13(18)11-8-12(16)19-14(11)17/h4-8,13H,1-3H3. The summed E-state index contributed by atoms with van der Waals surface area (Å²) in [4.78, 5) is 0. The number of hydrogen-bond donors (Lipinski definition) is 0. The van der Waals surface area contributed by atoms with Crippen molar-refractivity contribution < 1.29 is 0 Å². The minimum Gasteiger partial charge on any atom is -0.121 e.